The van der Waals surface area contributed by atoms with Crippen LogP contribution in [-0.2, 0) is 6.42 Å². The zero-order valence-corrected chi connectivity index (χ0v) is 16.4. The molecule has 1 unspecified atom stereocenters. The fraction of sp³-hybridized carbons (Fsp3) is 0.478. The van der Waals surface area contributed by atoms with E-state index < -0.39 is 6.17 Å². The van der Waals surface area contributed by atoms with E-state index in [9.17, 15) is 4.39 Å². The monoisotopic (exact) mass is 330 g/mol. The van der Waals surface area contributed by atoms with Crippen LogP contribution in [0, 0.1) is 0 Å². The molecular weight excluding hydrogens is 295 g/mol. The average Bonchev–Trinajstić information content (AvgIpc) is 2.58. The highest BCUT2D eigenvalue weighted by Gasteiger charge is 2.11. The van der Waals surface area contributed by atoms with Crippen molar-refractivity contribution in [1.29, 1.82) is 0 Å². The number of unbranched alkanes of at least 4 members (excludes halogenated alkanes) is 1. The zero-order valence-electron chi connectivity index (χ0n) is 16.4. The molecule has 0 aromatic heterocycles. The summed E-state index contributed by atoms with van der Waals surface area (Å²) in [5, 5.41) is 0. The summed E-state index contributed by atoms with van der Waals surface area (Å²) in [6.07, 6.45) is 8.86. The van der Waals surface area contributed by atoms with Crippen LogP contribution in [0.3, 0.4) is 0 Å². The summed E-state index contributed by atoms with van der Waals surface area (Å²) < 4.78 is 14.3. The Morgan fingerprint density at radius 1 is 1.08 bits per heavy atom. The molecule has 1 heteroatoms. The highest BCUT2D eigenvalue weighted by atomic mass is 19.1. The zero-order chi connectivity index (χ0) is 18.4. The number of allylic oxidation sites excluding steroid dienone is 6. The molecule has 0 aliphatic rings. The largest absolute Gasteiger partial charge is 0.242 e. The van der Waals surface area contributed by atoms with E-state index in [0.717, 1.165) is 29.6 Å². The molecule has 0 radical (unpaired) electrons. The summed E-state index contributed by atoms with van der Waals surface area (Å²) >= 11 is 0. The molecule has 0 fully saturated rings. The Bertz CT molecular complexity index is 516. The number of alkyl halides is 1. The molecule has 1 atom stereocenters. The molecule has 0 N–H and O–H groups in total. The minimum Gasteiger partial charge on any atom is -0.242 e. The number of hydrogen-bond acceptors (Lipinski definition) is 0. The van der Waals surface area contributed by atoms with Crippen molar-refractivity contribution in [2.24, 2.45) is 0 Å². The van der Waals surface area contributed by atoms with E-state index in [0.29, 0.717) is 6.42 Å². The van der Waals surface area contributed by atoms with Crippen LogP contribution in [0.15, 0.2) is 65.3 Å². The lowest BCUT2D eigenvalue weighted by molar-refractivity contribution is 0.384. The van der Waals surface area contributed by atoms with E-state index in [-0.39, 0.29) is 0 Å². The second-order valence-electron chi connectivity index (χ2n) is 6.36. The fourth-order valence-corrected chi connectivity index (χ4v) is 2.06. The summed E-state index contributed by atoms with van der Waals surface area (Å²) in [5.41, 5.74) is 4.48. The van der Waals surface area contributed by atoms with Crippen LogP contribution in [0.1, 0.15) is 66.4 Å². The Balaban J connectivity index is 0.000000754. The SMILES string of the molecule is CC=C(C)CC.CCC/C=C(\C=C(C)C)C(F)Cc1ccccc1. The van der Waals surface area contributed by atoms with Gasteiger partial charge >= 0.3 is 0 Å². The van der Waals surface area contributed by atoms with Gasteiger partial charge in [-0.05, 0) is 51.7 Å². The van der Waals surface area contributed by atoms with Crippen molar-refractivity contribution in [3.8, 4) is 0 Å². The van der Waals surface area contributed by atoms with Crippen molar-refractivity contribution >= 4 is 0 Å². The predicted molar refractivity (Wildman–Crippen MR) is 107 cm³/mol. The topological polar surface area (TPSA) is 0 Å². The van der Waals surface area contributed by atoms with Gasteiger partial charge in [0.05, 0.1) is 0 Å². The number of rotatable bonds is 7. The van der Waals surface area contributed by atoms with Gasteiger partial charge in [-0.25, -0.2) is 4.39 Å². The van der Waals surface area contributed by atoms with Crippen molar-refractivity contribution in [2.45, 2.75) is 73.4 Å². The molecule has 0 heterocycles. The van der Waals surface area contributed by atoms with Gasteiger partial charge in [0.1, 0.15) is 6.17 Å². The Labute approximate surface area is 149 Å². The average molecular weight is 331 g/mol. The second-order valence-corrected chi connectivity index (χ2v) is 6.36. The first-order valence-electron chi connectivity index (χ1n) is 9.09. The molecule has 0 nitrogen and oxygen atoms in total. The molecule has 0 bridgehead atoms. The van der Waals surface area contributed by atoms with Crippen LogP contribution >= 0.6 is 0 Å². The van der Waals surface area contributed by atoms with Gasteiger partial charge in [0.2, 0.25) is 0 Å². The molecule has 0 saturated carbocycles. The maximum absolute atomic E-state index is 14.3. The lowest BCUT2D eigenvalue weighted by Crippen LogP contribution is -2.07. The Kier molecular flexibility index (Phi) is 12.8. The summed E-state index contributed by atoms with van der Waals surface area (Å²) in [4.78, 5) is 0. The molecule has 1 aromatic carbocycles. The molecule has 134 valence electrons. The number of benzene rings is 1. The van der Waals surface area contributed by atoms with Crippen molar-refractivity contribution < 1.29 is 4.39 Å². The van der Waals surface area contributed by atoms with Gasteiger partial charge in [-0.1, -0.05) is 80.0 Å². The third-order valence-electron chi connectivity index (χ3n) is 3.79. The molecule has 0 spiro atoms. The van der Waals surface area contributed by atoms with Crippen LogP contribution in [-0.4, -0.2) is 6.17 Å². The van der Waals surface area contributed by atoms with Crippen molar-refractivity contribution in [3.63, 3.8) is 0 Å². The van der Waals surface area contributed by atoms with E-state index in [1.54, 1.807) is 0 Å². The smallest absolute Gasteiger partial charge is 0.129 e. The van der Waals surface area contributed by atoms with Gasteiger partial charge in [0.15, 0.2) is 0 Å². The minimum atomic E-state index is -0.908. The van der Waals surface area contributed by atoms with Crippen molar-refractivity contribution in [1.82, 2.24) is 0 Å². The predicted octanol–water partition coefficient (Wildman–Crippen LogP) is 7.62. The summed E-state index contributed by atoms with van der Waals surface area (Å²) in [5.74, 6) is 0. The Morgan fingerprint density at radius 2 is 1.71 bits per heavy atom. The second kappa shape index (κ2) is 13.8. The third kappa shape index (κ3) is 11.0. The lowest BCUT2D eigenvalue weighted by atomic mass is 10.00. The van der Waals surface area contributed by atoms with Crippen LogP contribution in [0.25, 0.3) is 0 Å². The van der Waals surface area contributed by atoms with Crippen molar-refractivity contribution in [3.05, 3.63) is 70.8 Å². The number of hydrogen-bond donors (Lipinski definition) is 0. The van der Waals surface area contributed by atoms with E-state index >= 15 is 0 Å². The van der Waals surface area contributed by atoms with Gasteiger partial charge in [-0.3, -0.25) is 0 Å². The highest BCUT2D eigenvalue weighted by Crippen LogP contribution is 2.17. The molecule has 1 rings (SSSR count). The van der Waals surface area contributed by atoms with Crippen LogP contribution in [0.2, 0.25) is 0 Å². The van der Waals surface area contributed by atoms with Crippen LogP contribution in [0.4, 0.5) is 4.39 Å². The van der Waals surface area contributed by atoms with Crippen LogP contribution in [0.5, 0.6) is 0 Å². The molecule has 1 aromatic rings. The van der Waals surface area contributed by atoms with Gasteiger partial charge in [0, 0.05) is 6.42 Å². The maximum atomic E-state index is 14.3. The Morgan fingerprint density at radius 3 is 2.12 bits per heavy atom. The quantitative estimate of drug-likeness (QED) is 0.356. The first kappa shape index (κ1) is 22.4. The molecule has 0 saturated heterocycles. The standard InChI is InChI=1S/C17H23F.C6H12/c1-4-5-11-16(12-14(2)3)17(18)13-15-9-7-6-8-10-15;1-4-6(3)5-2/h6-12,17H,4-5,13H2,1-3H3;4H,5H2,1-3H3/b16-11+;. The summed E-state index contributed by atoms with van der Waals surface area (Å²) in [7, 11) is 0. The fourth-order valence-electron chi connectivity index (χ4n) is 2.06. The van der Waals surface area contributed by atoms with E-state index in [4.69, 9.17) is 0 Å². The molecule has 24 heavy (non-hydrogen) atoms. The normalized spacial score (nSPS) is 13.0. The van der Waals surface area contributed by atoms with Crippen LogP contribution < -0.4 is 0 Å². The molecule has 0 aliphatic heterocycles. The minimum absolute atomic E-state index is 0.458. The summed E-state index contributed by atoms with van der Waals surface area (Å²) in [6, 6.07) is 9.83. The Hall–Kier alpha value is -1.63. The molecule has 0 aliphatic carbocycles. The van der Waals surface area contributed by atoms with E-state index in [2.05, 4.69) is 33.8 Å². The molecular formula is C23H35F. The van der Waals surface area contributed by atoms with Gasteiger partial charge in [-0.2, -0.15) is 0 Å². The van der Waals surface area contributed by atoms with Gasteiger partial charge < -0.3 is 0 Å². The summed E-state index contributed by atoms with van der Waals surface area (Å²) in [6.45, 7) is 12.5. The lowest BCUT2D eigenvalue weighted by Gasteiger charge is -2.11. The molecule has 0 amide bonds. The first-order valence-corrected chi connectivity index (χ1v) is 9.09. The van der Waals surface area contributed by atoms with Crippen molar-refractivity contribution in [2.75, 3.05) is 0 Å². The number of halogens is 1. The first-order chi connectivity index (χ1) is 11.4. The highest BCUT2D eigenvalue weighted by molar-refractivity contribution is 5.28. The third-order valence-corrected chi connectivity index (χ3v) is 3.79. The van der Waals surface area contributed by atoms with Gasteiger partial charge in [-0.15, -0.1) is 0 Å². The van der Waals surface area contributed by atoms with E-state index in [1.807, 2.05) is 56.3 Å². The maximum Gasteiger partial charge on any atom is 0.129 e. The van der Waals surface area contributed by atoms with E-state index in [1.165, 1.54) is 12.0 Å². The van der Waals surface area contributed by atoms with Gasteiger partial charge in [0.25, 0.3) is 0 Å².